The standard InChI is InChI=1S/C23H15ClF3N3O4/c1-30(18-6-4-3-5-13(18)22(32)33)21(31)15-8-14(17(24)9-19(15)34-2)16-11-29-20(23(25,26)27)7-12(16)10-28/h3-9,11H,1-2H3,(H,32,33). The number of aromatic carboxylic acids is 1. The summed E-state index contributed by atoms with van der Waals surface area (Å²) in [4.78, 5) is 29.4. The zero-order valence-corrected chi connectivity index (χ0v) is 18.4. The number of nitrogens with zero attached hydrogens (tertiary/aromatic N) is 3. The van der Waals surface area contributed by atoms with Crippen molar-refractivity contribution in [1.29, 1.82) is 5.26 Å². The summed E-state index contributed by atoms with van der Waals surface area (Å²) in [6.45, 7) is 0. The van der Waals surface area contributed by atoms with Crippen molar-refractivity contribution in [3.63, 3.8) is 0 Å². The predicted molar refractivity (Wildman–Crippen MR) is 117 cm³/mol. The Morgan fingerprint density at radius 1 is 1.15 bits per heavy atom. The van der Waals surface area contributed by atoms with Gasteiger partial charge in [-0.15, -0.1) is 0 Å². The molecule has 0 saturated carbocycles. The number of aromatic nitrogens is 1. The van der Waals surface area contributed by atoms with Gasteiger partial charge in [-0.1, -0.05) is 23.7 Å². The van der Waals surface area contributed by atoms with Crippen LogP contribution in [0.3, 0.4) is 0 Å². The van der Waals surface area contributed by atoms with Gasteiger partial charge in [0.25, 0.3) is 5.91 Å². The normalized spacial score (nSPS) is 11.0. The van der Waals surface area contributed by atoms with E-state index in [4.69, 9.17) is 16.3 Å². The molecule has 0 aliphatic heterocycles. The van der Waals surface area contributed by atoms with Crippen molar-refractivity contribution >= 4 is 29.2 Å². The number of methoxy groups -OCH3 is 1. The van der Waals surface area contributed by atoms with Crippen LogP contribution in [-0.2, 0) is 6.18 Å². The van der Waals surface area contributed by atoms with E-state index in [9.17, 15) is 33.1 Å². The molecule has 174 valence electrons. The number of anilines is 1. The van der Waals surface area contributed by atoms with Crippen molar-refractivity contribution in [3.05, 3.63) is 76.1 Å². The van der Waals surface area contributed by atoms with E-state index in [1.807, 2.05) is 0 Å². The minimum Gasteiger partial charge on any atom is -0.496 e. The lowest BCUT2D eigenvalue weighted by molar-refractivity contribution is -0.141. The average molecular weight is 490 g/mol. The van der Waals surface area contributed by atoms with Crippen molar-refractivity contribution in [2.24, 2.45) is 0 Å². The summed E-state index contributed by atoms with van der Waals surface area (Å²) in [6.07, 6.45) is -3.90. The van der Waals surface area contributed by atoms with E-state index in [2.05, 4.69) is 4.98 Å². The van der Waals surface area contributed by atoms with Crippen LogP contribution in [0.5, 0.6) is 5.75 Å². The molecule has 0 atom stereocenters. The Labute approximate surface area is 196 Å². The fourth-order valence-corrected chi connectivity index (χ4v) is 3.51. The maximum absolute atomic E-state index is 13.3. The molecule has 0 fully saturated rings. The molecule has 3 aromatic rings. The number of ether oxygens (including phenoxy) is 1. The van der Waals surface area contributed by atoms with Gasteiger partial charge < -0.3 is 14.7 Å². The lowest BCUT2D eigenvalue weighted by Gasteiger charge is -2.21. The Morgan fingerprint density at radius 3 is 2.41 bits per heavy atom. The average Bonchev–Trinajstić information content (AvgIpc) is 2.81. The SMILES string of the molecule is COc1cc(Cl)c(-c2cnc(C(F)(F)F)cc2C#N)cc1C(=O)N(C)c1ccccc1C(=O)O. The second kappa shape index (κ2) is 9.41. The van der Waals surface area contributed by atoms with Gasteiger partial charge in [-0.3, -0.25) is 9.78 Å². The minimum absolute atomic E-state index is 0.0000443. The molecule has 0 unspecified atom stereocenters. The highest BCUT2D eigenvalue weighted by atomic mass is 35.5. The number of carbonyl (C=O) groups excluding carboxylic acids is 1. The molecule has 2 aromatic carbocycles. The van der Waals surface area contributed by atoms with Crippen molar-refractivity contribution in [1.82, 2.24) is 4.98 Å². The number of pyridine rings is 1. The zero-order chi connectivity index (χ0) is 25.2. The van der Waals surface area contributed by atoms with Gasteiger partial charge in [0.1, 0.15) is 11.4 Å². The van der Waals surface area contributed by atoms with Crippen molar-refractivity contribution < 1.29 is 32.6 Å². The maximum Gasteiger partial charge on any atom is 0.433 e. The van der Waals surface area contributed by atoms with Gasteiger partial charge in [-0.2, -0.15) is 18.4 Å². The highest BCUT2D eigenvalue weighted by Gasteiger charge is 2.33. The van der Waals surface area contributed by atoms with Crippen molar-refractivity contribution in [2.45, 2.75) is 6.18 Å². The number of amides is 1. The molecule has 3 rings (SSSR count). The predicted octanol–water partition coefficient (Wildman–Crippen LogP) is 5.28. The quantitative estimate of drug-likeness (QED) is 0.523. The number of hydrogen-bond donors (Lipinski definition) is 1. The Hall–Kier alpha value is -4.10. The molecular formula is C23H15ClF3N3O4. The molecule has 1 heterocycles. The number of carbonyl (C=O) groups is 2. The summed E-state index contributed by atoms with van der Waals surface area (Å²) in [5, 5.41) is 18.9. The number of halogens is 4. The first-order valence-corrected chi connectivity index (χ1v) is 9.83. The van der Waals surface area contributed by atoms with Crippen molar-refractivity contribution in [3.8, 4) is 22.9 Å². The number of nitriles is 1. The van der Waals surface area contributed by atoms with Gasteiger partial charge >= 0.3 is 12.1 Å². The van der Waals surface area contributed by atoms with Gasteiger partial charge in [0.05, 0.1) is 40.6 Å². The Balaban J connectivity index is 2.16. The molecule has 11 heteroatoms. The third-order valence-electron chi connectivity index (χ3n) is 4.93. The fraction of sp³-hybridized carbons (Fsp3) is 0.130. The van der Waals surface area contributed by atoms with Crippen LogP contribution in [0.15, 0.2) is 48.7 Å². The Bertz CT molecular complexity index is 1340. The van der Waals surface area contributed by atoms with E-state index in [1.165, 1.54) is 44.5 Å². The summed E-state index contributed by atoms with van der Waals surface area (Å²) < 4.78 is 44.3. The van der Waals surface area contributed by atoms with Gasteiger partial charge in [0, 0.05) is 30.4 Å². The van der Waals surface area contributed by atoms with Gasteiger partial charge in [-0.05, 0) is 24.3 Å². The number of para-hydroxylation sites is 1. The van der Waals surface area contributed by atoms with E-state index in [0.717, 1.165) is 11.1 Å². The molecule has 0 spiro atoms. The number of carboxylic acid groups (broad SMARTS) is 1. The van der Waals surface area contributed by atoms with Crippen LogP contribution in [-0.4, -0.2) is 36.1 Å². The molecule has 0 aliphatic carbocycles. The van der Waals surface area contributed by atoms with Gasteiger partial charge in [0.15, 0.2) is 0 Å². The number of alkyl halides is 3. The number of hydrogen-bond acceptors (Lipinski definition) is 5. The number of rotatable bonds is 5. The third-order valence-corrected chi connectivity index (χ3v) is 5.24. The first-order chi connectivity index (χ1) is 16.0. The molecule has 34 heavy (non-hydrogen) atoms. The first kappa shape index (κ1) is 24.5. The summed E-state index contributed by atoms with van der Waals surface area (Å²) in [7, 11) is 2.64. The van der Waals surface area contributed by atoms with Crippen LogP contribution in [0.1, 0.15) is 32.0 Å². The lowest BCUT2D eigenvalue weighted by atomic mass is 9.98. The summed E-state index contributed by atoms with van der Waals surface area (Å²) >= 11 is 6.30. The van der Waals surface area contributed by atoms with Crippen LogP contribution in [0.25, 0.3) is 11.1 Å². The molecule has 0 saturated heterocycles. The van der Waals surface area contributed by atoms with Crippen LogP contribution in [0, 0.1) is 11.3 Å². The highest BCUT2D eigenvalue weighted by molar-refractivity contribution is 6.34. The molecular weight excluding hydrogens is 475 g/mol. The fourth-order valence-electron chi connectivity index (χ4n) is 3.25. The van der Waals surface area contributed by atoms with E-state index in [0.29, 0.717) is 6.07 Å². The third kappa shape index (κ3) is 4.65. The molecule has 0 bridgehead atoms. The topological polar surface area (TPSA) is 104 Å². The van der Waals surface area contributed by atoms with Crippen LogP contribution in [0.2, 0.25) is 5.02 Å². The minimum atomic E-state index is -4.75. The second-order valence-electron chi connectivity index (χ2n) is 6.94. The van der Waals surface area contributed by atoms with Crippen molar-refractivity contribution in [2.75, 3.05) is 19.1 Å². The molecule has 1 aromatic heterocycles. The smallest absolute Gasteiger partial charge is 0.433 e. The second-order valence-corrected chi connectivity index (χ2v) is 7.35. The van der Waals surface area contributed by atoms with Gasteiger partial charge in [0.2, 0.25) is 0 Å². The maximum atomic E-state index is 13.3. The van der Waals surface area contributed by atoms with E-state index >= 15 is 0 Å². The number of carboxylic acids is 1. The molecule has 1 amide bonds. The van der Waals surface area contributed by atoms with Gasteiger partial charge in [-0.25, -0.2) is 4.79 Å². The number of benzene rings is 2. The monoisotopic (exact) mass is 489 g/mol. The van der Waals surface area contributed by atoms with Crippen LogP contribution in [0.4, 0.5) is 18.9 Å². The van der Waals surface area contributed by atoms with Crippen LogP contribution < -0.4 is 9.64 Å². The summed E-state index contributed by atoms with van der Waals surface area (Å²) in [5.41, 5.74) is -1.63. The molecule has 7 nitrogen and oxygen atoms in total. The largest absolute Gasteiger partial charge is 0.496 e. The van der Waals surface area contributed by atoms with E-state index < -0.39 is 23.7 Å². The molecule has 1 N–H and O–H groups in total. The first-order valence-electron chi connectivity index (χ1n) is 9.45. The Kier molecular flexibility index (Phi) is 6.79. The molecule has 0 aliphatic rings. The zero-order valence-electron chi connectivity index (χ0n) is 17.6. The summed E-state index contributed by atoms with van der Waals surface area (Å²) in [6, 6.07) is 10.7. The van der Waals surface area contributed by atoms with E-state index in [1.54, 1.807) is 12.1 Å². The summed E-state index contributed by atoms with van der Waals surface area (Å²) in [5.74, 6) is -1.88. The van der Waals surface area contributed by atoms with E-state index in [-0.39, 0.29) is 44.3 Å². The Morgan fingerprint density at radius 2 is 1.82 bits per heavy atom. The molecule has 0 radical (unpaired) electrons. The highest BCUT2D eigenvalue weighted by Crippen LogP contribution is 2.38. The van der Waals surface area contributed by atoms with Crippen LogP contribution >= 0.6 is 11.6 Å². The lowest BCUT2D eigenvalue weighted by Crippen LogP contribution is -2.28.